The molecule has 2 amide bonds. The molecule has 1 heterocycles. The largest absolute Gasteiger partial charge is 0.463 e. The third-order valence-electron chi connectivity index (χ3n) is 4.92. The Morgan fingerprint density at radius 3 is 2.32 bits per heavy atom. The molecule has 1 N–H and O–H groups in total. The molecule has 0 radical (unpaired) electrons. The zero-order chi connectivity index (χ0) is 19.9. The van der Waals surface area contributed by atoms with E-state index in [2.05, 4.69) is 5.32 Å². The van der Waals surface area contributed by atoms with Gasteiger partial charge in [-0.05, 0) is 43.5 Å². The van der Waals surface area contributed by atoms with Gasteiger partial charge in [0.2, 0.25) is 11.8 Å². The monoisotopic (exact) mass is 385 g/mol. The Bertz CT molecular complexity index is 733. The Kier molecular flexibility index (Phi) is 6.68. The number of carbonyl (C=O) groups excluding carboxylic acids is 3. The number of piperazine rings is 1. The summed E-state index contributed by atoms with van der Waals surface area (Å²) in [6.45, 7) is 4.78. The van der Waals surface area contributed by atoms with E-state index in [0.717, 1.165) is 24.1 Å². The molecule has 0 unspecified atom stereocenters. The second-order valence-electron chi connectivity index (χ2n) is 7.04. The molecule has 1 saturated heterocycles. The van der Waals surface area contributed by atoms with Crippen LogP contribution in [0.15, 0.2) is 30.3 Å². The van der Waals surface area contributed by atoms with Crippen LogP contribution in [0.4, 0.5) is 5.69 Å². The van der Waals surface area contributed by atoms with E-state index in [9.17, 15) is 14.4 Å². The predicted octanol–water partition coefficient (Wildman–Crippen LogP) is 1.76. The number of rotatable bonds is 7. The summed E-state index contributed by atoms with van der Waals surface area (Å²) in [5, 5.41) is 3.13. The Labute approximate surface area is 165 Å². The minimum atomic E-state index is -0.366. The Balaban J connectivity index is 1.41. The van der Waals surface area contributed by atoms with Crippen molar-refractivity contribution in [3.8, 4) is 0 Å². The number of nitrogens with zero attached hydrogens (tertiary/aromatic N) is 2. The Morgan fingerprint density at radius 2 is 1.71 bits per heavy atom. The van der Waals surface area contributed by atoms with Crippen molar-refractivity contribution in [2.24, 2.45) is 5.92 Å². The second kappa shape index (κ2) is 9.39. The summed E-state index contributed by atoms with van der Waals surface area (Å²) in [6.07, 6.45) is 5.11. The van der Waals surface area contributed by atoms with E-state index in [1.807, 2.05) is 29.2 Å². The molecule has 1 aliphatic heterocycles. The number of anilines is 1. The molecule has 28 heavy (non-hydrogen) atoms. The quantitative estimate of drug-likeness (QED) is 0.572. The van der Waals surface area contributed by atoms with Gasteiger partial charge >= 0.3 is 5.97 Å². The number of ether oxygens (including phenoxy) is 1. The maximum absolute atomic E-state index is 12.4. The molecule has 150 valence electrons. The van der Waals surface area contributed by atoms with Crippen LogP contribution in [-0.2, 0) is 19.1 Å². The normalized spacial score (nSPS) is 16.9. The molecule has 0 spiro atoms. The van der Waals surface area contributed by atoms with Gasteiger partial charge in [-0.25, -0.2) is 4.79 Å². The van der Waals surface area contributed by atoms with Crippen molar-refractivity contribution in [3.63, 3.8) is 0 Å². The minimum Gasteiger partial charge on any atom is -0.463 e. The molecule has 1 aromatic carbocycles. The first-order valence-electron chi connectivity index (χ1n) is 9.82. The molecule has 0 bridgehead atoms. The molecule has 0 aromatic heterocycles. The molecule has 1 aromatic rings. The summed E-state index contributed by atoms with van der Waals surface area (Å²) in [7, 11) is 0. The number of esters is 1. The maximum Gasteiger partial charge on any atom is 0.330 e. The van der Waals surface area contributed by atoms with E-state index in [4.69, 9.17) is 4.74 Å². The van der Waals surface area contributed by atoms with Crippen LogP contribution in [0, 0.1) is 5.92 Å². The lowest BCUT2D eigenvalue weighted by Gasteiger charge is -2.35. The summed E-state index contributed by atoms with van der Waals surface area (Å²) in [4.78, 5) is 39.5. The van der Waals surface area contributed by atoms with Gasteiger partial charge in [-0.15, -0.1) is 0 Å². The number of nitrogens with one attached hydrogen (secondary N) is 1. The topological polar surface area (TPSA) is 79.0 Å². The fraction of sp³-hybridized carbons (Fsp3) is 0.476. The fourth-order valence-electron chi connectivity index (χ4n) is 3.12. The average molecular weight is 385 g/mol. The first-order chi connectivity index (χ1) is 13.6. The van der Waals surface area contributed by atoms with Crippen LogP contribution < -0.4 is 5.32 Å². The number of hydrogen-bond donors (Lipinski definition) is 1. The fourth-order valence-corrected chi connectivity index (χ4v) is 3.12. The van der Waals surface area contributed by atoms with Crippen LogP contribution in [0.2, 0.25) is 0 Å². The smallest absolute Gasteiger partial charge is 0.330 e. The SMILES string of the molecule is CCOC(=O)/C=C/c1ccc(NCC(=O)N2CCN(C(=O)C3CC3)CC2)cc1. The predicted molar refractivity (Wildman–Crippen MR) is 106 cm³/mol. The molecule has 2 aliphatic rings. The van der Waals surface area contributed by atoms with Crippen LogP contribution in [-0.4, -0.2) is 66.9 Å². The van der Waals surface area contributed by atoms with Crippen molar-refractivity contribution in [2.75, 3.05) is 44.6 Å². The third-order valence-corrected chi connectivity index (χ3v) is 4.92. The van der Waals surface area contributed by atoms with Crippen molar-refractivity contribution in [3.05, 3.63) is 35.9 Å². The lowest BCUT2D eigenvalue weighted by Crippen LogP contribution is -2.52. The highest BCUT2D eigenvalue weighted by atomic mass is 16.5. The molecule has 7 heteroatoms. The summed E-state index contributed by atoms with van der Waals surface area (Å²) < 4.78 is 4.84. The van der Waals surface area contributed by atoms with Crippen LogP contribution in [0.3, 0.4) is 0 Å². The number of benzene rings is 1. The highest BCUT2D eigenvalue weighted by Crippen LogP contribution is 2.31. The van der Waals surface area contributed by atoms with E-state index in [-0.39, 0.29) is 30.2 Å². The summed E-state index contributed by atoms with van der Waals surface area (Å²) >= 11 is 0. The number of carbonyl (C=O) groups is 3. The van der Waals surface area contributed by atoms with Gasteiger partial charge in [-0.2, -0.15) is 0 Å². The first-order valence-corrected chi connectivity index (χ1v) is 9.82. The molecule has 1 aliphatic carbocycles. The van der Waals surface area contributed by atoms with Crippen LogP contribution >= 0.6 is 0 Å². The van der Waals surface area contributed by atoms with Crippen molar-refractivity contribution >= 4 is 29.5 Å². The van der Waals surface area contributed by atoms with Crippen molar-refractivity contribution < 1.29 is 19.1 Å². The van der Waals surface area contributed by atoms with Crippen molar-refractivity contribution in [1.29, 1.82) is 0 Å². The Morgan fingerprint density at radius 1 is 1.07 bits per heavy atom. The van der Waals surface area contributed by atoms with Crippen LogP contribution in [0.25, 0.3) is 6.08 Å². The van der Waals surface area contributed by atoms with Gasteiger partial charge in [0, 0.05) is 43.9 Å². The zero-order valence-electron chi connectivity index (χ0n) is 16.2. The van der Waals surface area contributed by atoms with Gasteiger partial charge in [-0.1, -0.05) is 12.1 Å². The van der Waals surface area contributed by atoms with Crippen LogP contribution in [0.1, 0.15) is 25.3 Å². The molecule has 1 saturated carbocycles. The maximum atomic E-state index is 12.4. The van der Waals surface area contributed by atoms with Gasteiger partial charge in [0.15, 0.2) is 0 Å². The summed E-state index contributed by atoms with van der Waals surface area (Å²) in [6, 6.07) is 7.46. The molecule has 3 rings (SSSR count). The molecule has 2 fully saturated rings. The van der Waals surface area contributed by atoms with Gasteiger partial charge in [0.05, 0.1) is 13.2 Å². The average Bonchev–Trinajstić information content (AvgIpc) is 3.56. The zero-order valence-corrected chi connectivity index (χ0v) is 16.2. The van der Waals surface area contributed by atoms with E-state index < -0.39 is 0 Å². The molecule has 7 nitrogen and oxygen atoms in total. The lowest BCUT2D eigenvalue weighted by atomic mass is 10.2. The lowest BCUT2D eigenvalue weighted by molar-refractivity contribution is -0.139. The van der Waals surface area contributed by atoms with E-state index >= 15 is 0 Å². The highest BCUT2D eigenvalue weighted by Gasteiger charge is 2.35. The summed E-state index contributed by atoms with van der Waals surface area (Å²) in [5.41, 5.74) is 1.71. The Hall–Kier alpha value is -2.83. The van der Waals surface area contributed by atoms with E-state index in [0.29, 0.717) is 32.8 Å². The highest BCUT2D eigenvalue weighted by molar-refractivity contribution is 5.87. The molecular formula is C21H27N3O4. The first kappa shape index (κ1) is 19.9. The molecular weight excluding hydrogens is 358 g/mol. The van der Waals surface area contributed by atoms with Gasteiger partial charge in [0.25, 0.3) is 0 Å². The van der Waals surface area contributed by atoms with Crippen molar-refractivity contribution in [1.82, 2.24) is 9.80 Å². The van der Waals surface area contributed by atoms with Gasteiger partial charge in [0.1, 0.15) is 0 Å². The van der Waals surface area contributed by atoms with E-state index in [1.165, 1.54) is 6.08 Å². The second-order valence-corrected chi connectivity index (χ2v) is 7.04. The summed E-state index contributed by atoms with van der Waals surface area (Å²) in [5.74, 6) is 0.153. The van der Waals surface area contributed by atoms with Crippen molar-refractivity contribution in [2.45, 2.75) is 19.8 Å². The molecule has 0 atom stereocenters. The van der Waals surface area contributed by atoms with Gasteiger partial charge in [-0.3, -0.25) is 9.59 Å². The van der Waals surface area contributed by atoms with Crippen LogP contribution in [0.5, 0.6) is 0 Å². The number of amides is 2. The number of hydrogen-bond acceptors (Lipinski definition) is 5. The third kappa shape index (κ3) is 5.58. The standard InChI is InChI=1S/C21H27N3O4/c1-2-28-20(26)10-5-16-3-8-18(9-4-16)22-15-19(25)23-11-13-24(14-12-23)21(27)17-6-7-17/h3-5,8-10,17,22H,2,6-7,11-15H2,1H3/b10-5+. The van der Waals surface area contributed by atoms with Gasteiger partial charge < -0.3 is 19.9 Å². The van der Waals surface area contributed by atoms with E-state index in [1.54, 1.807) is 17.9 Å². The minimum absolute atomic E-state index is 0.0322.